The van der Waals surface area contributed by atoms with Crippen molar-refractivity contribution >= 4 is 55.3 Å². The smallest absolute Gasteiger partial charge is 0.269 e. The third-order valence-corrected chi connectivity index (χ3v) is 5.67. The van der Waals surface area contributed by atoms with E-state index < -0.39 is 5.91 Å². The Bertz CT molecular complexity index is 1370. The SMILES string of the molecule is CN(C)CCNC(=O)c1cc(Br)c2c(N=NC(=O)Cc3ccc4occc4c3)c(O)[nH]c2c1. The van der Waals surface area contributed by atoms with E-state index in [1.807, 2.05) is 31.1 Å². The molecule has 0 aliphatic carbocycles. The summed E-state index contributed by atoms with van der Waals surface area (Å²) in [5.41, 5.74) is 2.55. The molecule has 4 rings (SSSR count). The van der Waals surface area contributed by atoms with Gasteiger partial charge < -0.3 is 24.7 Å². The van der Waals surface area contributed by atoms with Gasteiger partial charge in [0.1, 0.15) is 5.58 Å². The molecule has 2 amide bonds. The summed E-state index contributed by atoms with van der Waals surface area (Å²) in [5.74, 6) is -0.937. The van der Waals surface area contributed by atoms with Gasteiger partial charge in [-0.3, -0.25) is 9.59 Å². The number of azo groups is 1. The van der Waals surface area contributed by atoms with E-state index in [9.17, 15) is 14.7 Å². The van der Waals surface area contributed by atoms with Gasteiger partial charge in [0, 0.05) is 33.9 Å². The predicted octanol–water partition coefficient (Wildman–Crippen LogP) is 4.53. The lowest BCUT2D eigenvalue weighted by Crippen LogP contribution is -2.31. The van der Waals surface area contributed by atoms with Crippen molar-refractivity contribution in [2.45, 2.75) is 6.42 Å². The summed E-state index contributed by atoms with van der Waals surface area (Å²) in [6.07, 6.45) is 1.65. The van der Waals surface area contributed by atoms with Crippen LogP contribution in [0.15, 0.2) is 61.8 Å². The first kappa shape index (κ1) is 22.7. The Balaban J connectivity index is 1.52. The number of fused-ring (bicyclic) bond motifs is 2. The second kappa shape index (κ2) is 9.55. The quantitative estimate of drug-likeness (QED) is 0.314. The lowest BCUT2D eigenvalue weighted by Gasteiger charge is -2.10. The number of H-pyrrole nitrogens is 1. The third kappa shape index (κ3) is 5.12. The number of rotatable bonds is 7. The maximum Gasteiger partial charge on any atom is 0.269 e. The van der Waals surface area contributed by atoms with Crippen LogP contribution >= 0.6 is 15.9 Å². The number of hydrogen-bond acceptors (Lipinski definition) is 6. The number of aromatic amines is 1. The minimum atomic E-state index is -0.459. The highest BCUT2D eigenvalue weighted by Gasteiger charge is 2.17. The second-order valence-corrected chi connectivity index (χ2v) is 8.68. The monoisotopic (exact) mass is 511 g/mol. The maximum atomic E-state index is 12.4. The van der Waals surface area contributed by atoms with E-state index in [4.69, 9.17) is 4.42 Å². The molecule has 0 unspecified atom stereocenters. The molecule has 9 nitrogen and oxygen atoms in total. The number of amides is 2. The van der Waals surface area contributed by atoms with Gasteiger partial charge in [-0.05, 0) is 65.9 Å². The molecule has 0 radical (unpaired) electrons. The Hall–Kier alpha value is -3.50. The van der Waals surface area contributed by atoms with Crippen LogP contribution in [0.3, 0.4) is 0 Å². The van der Waals surface area contributed by atoms with E-state index in [1.54, 1.807) is 30.5 Å². The number of benzene rings is 2. The molecule has 33 heavy (non-hydrogen) atoms. The largest absolute Gasteiger partial charge is 0.493 e. The molecule has 0 aliphatic heterocycles. The number of aromatic hydroxyl groups is 1. The summed E-state index contributed by atoms with van der Waals surface area (Å²) in [7, 11) is 3.85. The van der Waals surface area contributed by atoms with Gasteiger partial charge in [0.15, 0.2) is 5.69 Å². The van der Waals surface area contributed by atoms with Crippen LogP contribution in [-0.4, -0.2) is 54.0 Å². The highest BCUT2D eigenvalue weighted by Crippen LogP contribution is 2.40. The van der Waals surface area contributed by atoms with E-state index in [0.29, 0.717) is 34.0 Å². The van der Waals surface area contributed by atoms with Crippen molar-refractivity contribution in [1.29, 1.82) is 0 Å². The fourth-order valence-corrected chi connectivity index (χ4v) is 4.06. The molecule has 0 atom stereocenters. The summed E-state index contributed by atoms with van der Waals surface area (Å²) in [6, 6.07) is 10.5. The van der Waals surface area contributed by atoms with Gasteiger partial charge >= 0.3 is 0 Å². The van der Waals surface area contributed by atoms with Crippen LogP contribution in [-0.2, 0) is 11.2 Å². The van der Waals surface area contributed by atoms with E-state index in [-0.39, 0.29) is 23.9 Å². The lowest BCUT2D eigenvalue weighted by molar-refractivity contribution is -0.117. The molecule has 10 heteroatoms. The van der Waals surface area contributed by atoms with Gasteiger partial charge in [0.05, 0.1) is 18.2 Å². The number of halogens is 1. The molecule has 2 aromatic heterocycles. The lowest BCUT2D eigenvalue weighted by atomic mass is 10.1. The summed E-state index contributed by atoms with van der Waals surface area (Å²) in [6.45, 7) is 1.22. The molecule has 0 bridgehead atoms. The zero-order valence-corrected chi connectivity index (χ0v) is 19.6. The van der Waals surface area contributed by atoms with Crippen LogP contribution < -0.4 is 5.32 Å². The number of aromatic nitrogens is 1. The van der Waals surface area contributed by atoms with E-state index in [1.165, 1.54) is 0 Å². The molecular weight excluding hydrogens is 490 g/mol. The number of furan rings is 1. The molecule has 0 saturated carbocycles. The Morgan fingerprint density at radius 1 is 1.21 bits per heavy atom. The minimum absolute atomic E-state index is 0.0617. The number of carbonyl (C=O) groups excluding carboxylic acids is 2. The molecular formula is C23H22BrN5O4. The van der Waals surface area contributed by atoms with Crippen molar-refractivity contribution in [3.8, 4) is 5.88 Å². The zero-order chi connectivity index (χ0) is 23.5. The Morgan fingerprint density at radius 3 is 2.82 bits per heavy atom. The molecule has 0 fully saturated rings. The third-order valence-electron chi connectivity index (χ3n) is 5.04. The van der Waals surface area contributed by atoms with Crippen molar-refractivity contribution in [2.75, 3.05) is 27.2 Å². The number of nitrogens with one attached hydrogen (secondary N) is 2. The van der Waals surface area contributed by atoms with Crippen LogP contribution in [0.25, 0.3) is 21.9 Å². The van der Waals surface area contributed by atoms with Crippen molar-refractivity contribution in [3.63, 3.8) is 0 Å². The van der Waals surface area contributed by atoms with Crippen molar-refractivity contribution < 1.29 is 19.1 Å². The van der Waals surface area contributed by atoms with Crippen molar-refractivity contribution in [2.24, 2.45) is 10.2 Å². The first-order valence-electron chi connectivity index (χ1n) is 10.2. The summed E-state index contributed by atoms with van der Waals surface area (Å²) >= 11 is 3.44. The summed E-state index contributed by atoms with van der Waals surface area (Å²) < 4.78 is 5.84. The van der Waals surface area contributed by atoms with Crippen LogP contribution in [0.2, 0.25) is 0 Å². The van der Waals surface area contributed by atoms with Crippen molar-refractivity contribution in [3.05, 3.63) is 58.3 Å². The first-order chi connectivity index (χ1) is 15.8. The molecule has 3 N–H and O–H groups in total. The van der Waals surface area contributed by atoms with Gasteiger partial charge in [0.2, 0.25) is 5.88 Å². The van der Waals surface area contributed by atoms with Gasteiger partial charge in [0.25, 0.3) is 11.8 Å². The standard InChI is InChI=1S/C23H22BrN5O4/c1-29(2)7-6-25-22(31)15-11-16(24)20-17(12-15)26-23(32)21(20)28-27-19(30)10-13-3-4-18-14(9-13)5-8-33-18/h3-5,8-9,11-12,26,32H,6-7,10H2,1-2H3,(H,25,31). The zero-order valence-electron chi connectivity index (χ0n) is 18.1. The first-order valence-corrected chi connectivity index (χ1v) is 11.0. The number of hydrogen-bond donors (Lipinski definition) is 3. The van der Waals surface area contributed by atoms with E-state index in [0.717, 1.165) is 16.5 Å². The molecule has 0 aliphatic rings. The predicted molar refractivity (Wildman–Crippen MR) is 128 cm³/mol. The molecule has 4 aromatic rings. The van der Waals surface area contributed by atoms with Crippen LogP contribution in [0.4, 0.5) is 5.69 Å². The molecule has 0 spiro atoms. The number of carbonyl (C=O) groups is 2. The fourth-order valence-electron chi connectivity index (χ4n) is 3.42. The Morgan fingerprint density at radius 2 is 2.03 bits per heavy atom. The average Bonchev–Trinajstić information content (AvgIpc) is 3.35. The Kier molecular flexibility index (Phi) is 6.57. The highest BCUT2D eigenvalue weighted by atomic mass is 79.9. The maximum absolute atomic E-state index is 12.4. The van der Waals surface area contributed by atoms with Gasteiger partial charge in [-0.2, -0.15) is 0 Å². The number of nitrogens with zero attached hydrogens (tertiary/aromatic N) is 3. The van der Waals surface area contributed by atoms with Gasteiger partial charge in [-0.25, -0.2) is 0 Å². The Labute approximate surface area is 197 Å². The normalized spacial score (nSPS) is 11.8. The summed E-state index contributed by atoms with van der Waals surface area (Å²) in [4.78, 5) is 29.6. The van der Waals surface area contributed by atoms with E-state index in [2.05, 4.69) is 36.5 Å². The van der Waals surface area contributed by atoms with Crippen molar-refractivity contribution in [1.82, 2.24) is 15.2 Å². The molecule has 2 aromatic carbocycles. The average molecular weight is 512 g/mol. The van der Waals surface area contributed by atoms with E-state index >= 15 is 0 Å². The van der Waals surface area contributed by atoms with Crippen LogP contribution in [0, 0.1) is 0 Å². The van der Waals surface area contributed by atoms with Gasteiger partial charge in [-0.15, -0.1) is 10.2 Å². The second-order valence-electron chi connectivity index (χ2n) is 7.83. The van der Waals surface area contributed by atoms with Crippen LogP contribution in [0.1, 0.15) is 15.9 Å². The molecule has 2 heterocycles. The highest BCUT2D eigenvalue weighted by molar-refractivity contribution is 9.10. The summed E-state index contributed by atoms with van der Waals surface area (Å²) in [5, 5.41) is 22.4. The fraction of sp³-hybridized carbons (Fsp3) is 0.217. The number of likely N-dealkylation sites (N-methyl/N-ethyl adjacent to an activating group) is 1. The van der Waals surface area contributed by atoms with Crippen LogP contribution in [0.5, 0.6) is 5.88 Å². The molecule has 170 valence electrons. The van der Waals surface area contributed by atoms with Gasteiger partial charge in [-0.1, -0.05) is 6.07 Å². The topological polar surface area (TPSA) is 123 Å². The minimum Gasteiger partial charge on any atom is -0.493 e. The molecule has 0 saturated heterocycles.